The summed E-state index contributed by atoms with van der Waals surface area (Å²) in [5.74, 6) is 0.493. The summed E-state index contributed by atoms with van der Waals surface area (Å²) in [5.41, 5.74) is 6.59. The molecular weight excluding hydrogens is 220 g/mol. The fourth-order valence-electron chi connectivity index (χ4n) is 1.58. The molecular formula is C12H14N2OS. The Labute approximate surface area is 98.6 Å². The Balaban J connectivity index is 2.10. The van der Waals surface area contributed by atoms with Crippen molar-refractivity contribution in [3.05, 3.63) is 45.8 Å². The first-order valence-corrected chi connectivity index (χ1v) is 5.91. The van der Waals surface area contributed by atoms with Crippen molar-refractivity contribution in [2.24, 2.45) is 0 Å². The van der Waals surface area contributed by atoms with Crippen LogP contribution in [0.2, 0.25) is 0 Å². The smallest absolute Gasteiger partial charge is 0.123 e. The Morgan fingerprint density at radius 1 is 1.44 bits per heavy atom. The molecule has 0 aliphatic rings. The SMILES string of the molecule is Cc1ccc(C(O)Cc2ccnc(N)c2)s1. The Bertz CT molecular complexity index is 481. The van der Waals surface area contributed by atoms with Crippen molar-refractivity contribution in [3.63, 3.8) is 0 Å². The highest BCUT2D eigenvalue weighted by molar-refractivity contribution is 7.12. The number of nitrogens with two attached hydrogens (primary N) is 1. The molecule has 0 radical (unpaired) electrons. The van der Waals surface area contributed by atoms with Crippen molar-refractivity contribution < 1.29 is 5.11 Å². The first-order valence-electron chi connectivity index (χ1n) is 5.10. The molecule has 2 aromatic heterocycles. The van der Waals surface area contributed by atoms with Crippen molar-refractivity contribution in [2.75, 3.05) is 5.73 Å². The number of hydrogen-bond donors (Lipinski definition) is 2. The van der Waals surface area contributed by atoms with Crippen LogP contribution in [-0.4, -0.2) is 10.1 Å². The molecule has 16 heavy (non-hydrogen) atoms. The first kappa shape index (κ1) is 11.1. The van der Waals surface area contributed by atoms with Crippen LogP contribution in [0.25, 0.3) is 0 Å². The second kappa shape index (κ2) is 4.63. The zero-order valence-corrected chi connectivity index (χ0v) is 9.87. The number of thiophene rings is 1. The third kappa shape index (κ3) is 2.59. The van der Waals surface area contributed by atoms with E-state index < -0.39 is 6.10 Å². The molecule has 3 nitrogen and oxygen atoms in total. The molecule has 4 heteroatoms. The van der Waals surface area contributed by atoms with Crippen molar-refractivity contribution in [1.29, 1.82) is 0 Å². The summed E-state index contributed by atoms with van der Waals surface area (Å²) in [5, 5.41) is 10.0. The largest absolute Gasteiger partial charge is 0.387 e. The van der Waals surface area contributed by atoms with Crippen LogP contribution in [0.3, 0.4) is 0 Å². The maximum atomic E-state index is 10.0. The monoisotopic (exact) mass is 234 g/mol. The number of nitrogen functional groups attached to an aromatic ring is 1. The first-order chi connectivity index (χ1) is 7.65. The van der Waals surface area contributed by atoms with Gasteiger partial charge in [0.25, 0.3) is 0 Å². The van der Waals surface area contributed by atoms with Crippen LogP contribution in [0.4, 0.5) is 5.82 Å². The number of hydrogen-bond acceptors (Lipinski definition) is 4. The minimum absolute atomic E-state index is 0.458. The average molecular weight is 234 g/mol. The van der Waals surface area contributed by atoms with Crippen LogP contribution in [0, 0.1) is 6.92 Å². The molecule has 0 fully saturated rings. The number of anilines is 1. The van der Waals surface area contributed by atoms with Gasteiger partial charge in [0.2, 0.25) is 0 Å². The minimum atomic E-state index is -0.458. The van der Waals surface area contributed by atoms with Crippen LogP contribution in [0.5, 0.6) is 0 Å². The number of aliphatic hydroxyl groups is 1. The lowest BCUT2D eigenvalue weighted by Crippen LogP contribution is -2.00. The Kier molecular flexibility index (Phi) is 3.22. The summed E-state index contributed by atoms with van der Waals surface area (Å²) in [6, 6.07) is 7.66. The van der Waals surface area contributed by atoms with E-state index in [2.05, 4.69) is 4.98 Å². The molecule has 84 valence electrons. The minimum Gasteiger partial charge on any atom is -0.387 e. The van der Waals surface area contributed by atoms with Gasteiger partial charge in [0.1, 0.15) is 5.82 Å². The second-order valence-corrected chi connectivity index (χ2v) is 5.08. The molecule has 0 bridgehead atoms. The van der Waals surface area contributed by atoms with Gasteiger partial charge in [-0.1, -0.05) is 0 Å². The zero-order chi connectivity index (χ0) is 11.5. The molecule has 1 atom stereocenters. The van der Waals surface area contributed by atoms with Crippen LogP contribution >= 0.6 is 11.3 Å². The van der Waals surface area contributed by atoms with Gasteiger partial charge in [-0.3, -0.25) is 0 Å². The van der Waals surface area contributed by atoms with Gasteiger partial charge >= 0.3 is 0 Å². The molecule has 2 rings (SSSR count). The van der Waals surface area contributed by atoms with E-state index in [-0.39, 0.29) is 0 Å². The lowest BCUT2D eigenvalue weighted by Gasteiger charge is -2.08. The number of rotatable bonds is 3. The Morgan fingerprint density at radius 3 is 2.88 bits per heavy atom. The van der Waals surface area contributed by atoms with E-state index in [9.17, 15) is 5.11 Å². The van der Waals surface area contributed by atoms with E-state index in [4.69, 9.17) is 5.73 Å². The molecule has 0 aromatic carbocycles. The summed E-state index contributed by atoms with van der Waals surface area (Å²) in [6.45, 7) is 2.03. The van der Waals surface area contributed by atoms with Crippen molar-refractivity contribution in [3.8, 4) is 0 Å². The highest BCUT2D eigenvalue weighted by Crippen LogP contribution is 2.25. The van der Waals surface area contributed by atoms with Gasteiger partial charge in [0.15, 0.2) is 0 Å². The van der Waals surface area contributed by atoms with Gasteiger partial charge in [0, 0.05) is 22.4 Å². The molecule has 0 spiro atoms. The molecule has 0 amide bonds. The van der Waals surface area contributed by atoms with Gasteiger partial charge < -0.3 is 10.8 Å². The van der Waals surface area contributed by atoms with E-state index in [0.29, 0.717) is 12.2 Å². The Hall–Kier alpha value is -1.39. The lowest BCUT2D eigenvalue weighted by molar-refractivity contribution is 0.182. The van der Waals surface area contributed by atoms with Crippen LogP contribution in [-0.2, 0) is 6.42 Å². The summed E-state index contributed by atoms with van der Waals surface area (Å²) in [6.07, 6.45) is 1.78. The zero-order valence-electron chi connectivity index (χ0n) is 9.05. The summed E-state index contributed by atoms with van der Waals surface area (Å²) in [4.78, 5) is 6.13. The quantitative estimate of drug-likeness (QED) is 0.856. The molecule has 1 unspecified atom stereocenters. The predicted molar refractivity (Wildman–Crippen MR) is 66.4 cm³/mol. The van der Waals surface area contributed by atoms with Gasteiger partial charge in [-0.15, -0.1) is 11.3 Å². The molecule has 2 heterocycles. The maximum absolute atomic E-state index is 10.0. The molecule has 0 saturated carbocycles. The molecule has 0 aliphatic heterocycles. The van der Waals surface area contributed by atoms with Gasteiger partial charge in [-0.2, -0.15) is 0 Å². The number of aryl methyl sites for hydroxylation is 1. The summed E-state index contributed by atoms with van der Waals surface area (Å²) >= 11 is 1.62. The van der Waals surface area contributed by atoms with Crippen molar-refractivity contribution in [2.45, 2.75) is 19.4 Å². The average Bonchev–Trinajstić information content (AvgIpc) is 2.65. The number of aliphatic hydroxyl groups excluding tert-OH is 1. The summed E-state index contributed by atoms with van der Waals surface area (Å²) in [7, 11) is 0. The fourth-order valence-corrected chi connectivity index (χ4v) is 2.44. The number of nitrogens with zero attached hydrogens (tertiary/aromatic N) is 1. The molecule has 0 aliphatic carbocycles. The van der Waals surface area contributed by atoms with E-state index in [0.717, 1.165) is 10.4 Å². The molecule has 0 saturated heterocycles. The third-order valence-electron chi connectivity index (χ3n) is 2.36. The topological polar surface area (TPSA) is 59.1 Å². The van der Waals surface area contributed by atoms with Gasteiger partial charge in [0.05, 0.1) is 6.10 Å². The van der Waals surface area contributed by atoms with Crippen molar-refractivity contribution in [1.82, 2.24) is 4.98 Å². The Morgan fingerprint density at radius 2 is 2.25 bits per heavy atom. The van der Waals surface area contributed by atoms with E-state index in [1.54, 1.807) is 23.6 Å². The highest BCUT2D eigenvalue weighted by Gasteiger charge is 2.10. The van der Waals surface area contributed by atoms with Crippen LogP contribution in [0.15, 0.2) is 30.5 Å². The van der Waals surface area contributed by atoms with Crippen LogP contribution < -0.4 is 5.73 Å². The normalized spacial score (nSPS) is 12.6. The summed E-state index contributed by atoms with van der Waals surface area (Å²) < 4.78 is 0. The lowest BCUT2D eigenvalue weighted by atomic mass is 10.1. The maximum Gasteiger partial charge on any atom is 0.123 e. The third-order valence-corrected chi connectivity index (χ3v) is 3.47. The predicted octanol–water partition coefficient (Wildman–Crippen LogP) is 2.31. The van der Waals surface area contributed by atoms with Crippen molar-refractivity contribution >= 4 is 17.2 Å². The van der Waals surface area contributed by atoms with Gasteiger partial charge in [-0.25, -0.2) is 4.98 Å². The van der Waals surface area contributed by atoms with Crippen LogP contribution in [0.1, 0.15) is 21.4 Å². The molecule has 2 aromatic rings. The highest BCUT2D eigenvalue weighted by atomic mass is 32.1. The molecule has 3 N–H and O–H groups in total. The standard InChI is InChI=1S/C12H14N2OS/c1-8-2-3-11(16-8)10(15)6-9-4-5-14-12(13)7-9/h2-5,7,10,15H,6H2,1H3,(H2,13,14). The fraction of sp³-hybridized carbons (Fsp3) is 0.250. The second-order valence-electron chi connectivity index (χ2n) is 3.76. The van der Waals surface area contributed by atoms with E-state index in [1.165, 1.54) is 4.88 Å². The number of pyridine rings is 1. The van der Waals surface area contributed by atoms with Gasteiger partial charge in [-0.05, 0) is 36.8 Å². The van der Waals surface area contributed by atoms with E-state index >= 15 is 0 Å². The van der Waals surface area contributed by atoms with E-state index in [1.807, 2.05) is 25.1 Å². The number of aromatic nitrogens is 1.